The van der Waals surface area contributed by atoms with Crippen molar-refractivity contribution in [3.63, 3.8) is 0 Å². The Morgan fingerprint density at radius 1 is 1.19 bits per heavy atom. The molecular weight excluding hydrogens is 342 g/mol. The van der Waals surface area contributed by atoms with E-state index in [0.29, 0.717) is 16.7 Å². The molecule has 1 aliphatic rings. The molecule has 1 N–H and O–H groups in total. The molecule has 4 aromatic rings. The fraction of sp³-hybridized carbons (Fsp3) is 0.316. The first kappa shape index (κ1) is 16.1. The van der Waals surface area contributed by atoms with Crippen LogP contribution in [0.3, 0.4) is 0 Å². The van der Waals surface area contributed by atoms with E-state index in [1.165, 1.54) is 0 Å². The van der Waals surface area contributed by atoms with Crippen LogP contribution in [0.15, 0.2) is 35.5 Å². The summed E-state index contributed by atoms with van der Waals surface area (Å²) in [6.45, 7) is 5.66. The Morgan fingerprint density at radius 2 is 2.07 bits per heavy atom. The average molecular weight is 361 g/mol. The Balaban J connectivity index is 1.62. The molecule has 0 saturated carbocycles. The molecule has 1 aliphatic heterocycles. The van der Waals surface area contributed by atoms with E-state index in [1.807, 2.05) is 32.2 Å². The van der Waals surface area contributed by atoms with E-state index >= 15 is 0 Å². The van der Waals surface area contributed by atoms with Gasteiger partial charge >= 0.3 is 0 Å². The molecule has 8 heteroatoms. The maximum absolute atomic E-state index is 12.8. The van der Waals surface area contributed by atoms with Gasteiger partial charge in [0.05, 0.1) is 29.0 Å². The molecule has 1 atom stereocenters. The quantitative estimate of drug-likeness (QED) is 0.584. The van der Waals surface area contributed by atoms with Gasteiger partial charge in [0.25, 0.3) is 5.56 Å². The maximum atomic E-state index is 12.8. The van der Waals surface area contributed by atoms with Crippen LogP contribution in [-0.2, 0) is 0 Å². The zero-order chi connectivity index (χ0) is 18.5. The first-order valence-corrected chi connectivity index (χ1v) is 9.03. The van der Waals surface area contributed by atoms with Crippen molar-refractivity contribution >= 4 is 16.7 Å². The molecule has 0 amide bonds. The van der Waals surface area contributed by atoms with Gasteiger partial charge in [0.15, 0.2) is 11.3 Å². The normalized spacial score (nSPS) is 17.2. The van der Waals surface area contributed by atoms with E-state index in [4.69, 9.17) is 0 Å². The van der Waals surface area contributed by atoms with Gasteiger partial charge in [-0.25, -0.2) is 19.5 Å². The lowest BCUT2D eigenvalue weighted by molar-refractivity contribution is 0.525. The van der Waals surface area contributed by atoms with Gasteiger partial charge in [0, 0.05) is 6.54 Å². The molecule has 0 aliphatic carbocycles. The van der Waals surface area contributed by atoms with E-state index in [1.54, 1.807) is 21.5 Å². The molecule has 0 spiro atoms. The van der Waals surface area contributed by atoms with E-state index in [9.17, 15) is 4.79 Å². The summed E-state index contributed by atoms with van der Waals surface area (Å²) >= 11 is 0. The van der Waals surface area contributed by atoms with Crippen LogP contribution in [0.4, 0.5) is 0 Å². The van der Waals surface area contributed by atoms with Crippen LogP contribution in [-0.4, -0.2) is 42.2 Å². The number of rotatable bonds is 2. The Labute approximate surface area is 154 Å². The number of imidazole rings is 1. The molecule has 0 bridgehead atoms. The highest BCUT2D eigenvalue weighted by atomic mass is 16.1. The van der Waals surface area contributed by atoms with Gasteiger partial charge in [0.1, 0.15) is 12.0 Å². The molecule has 0 radical (unpaired) electrons. The summed E-state index contributed by atoms with van der Waals surface area (Å²) in [5.74, 6) is 0. The Kier molecular flexibility index (Phi) is 3.54. The van der Waals surface area contributed by atoms with Crippen molar-refractivity contribution in [2.45, 2.75) is 26.3 Å². The Bertz CT molecular complexity index is 1230. The van der Waals surface area contributed by atoms with Gasteiger partial charge in [0.2, 0.25) is 0 Å². The lowest BCUT2D eigenvalue weighted by Gasteiger charge is -2.12. The highest BCUT2D eigenvalue weighted by molar-refractivity contribution is 5.76. The minimum Gasteiger partial charge on any atom is -0.315 e. The van der Waals surface area contributed by atoms with Gasteiger partial charge in [-0.15, -0.1) is 0 Å². The highest BCUT2D eigenvalue weighted by Crippen LogP contribution is 2.21. The Morgan fingerprint density at radius 3 is 2.89 bits per heavy atom. The lowest BCUT2D eigenvalue weighted by Crippen LogP contribution is -2.26. The summed E-state index contributed by atoms with van der Waals surface area (Å²) in [6.07, 6.45) is 4.44. The number of hydrogen-bond donors (Lipinski definition) is 1. The number of hydrogen-bond acceptors (Lipinski definition) is 6. The van der Waals surface area contributed by atoms with Crippen molar-refractivity contribution in [3.05, 3.63) is 52.3 Å². The first-order valence-electron chi connectivity index (χ1n) is 9.03. The second-order valence-corrected chi connectivity index (χ2v) is 7.03. The number of fused-ring (bicyclic) bond motifs is 2. The van der Waals surface area contributed by atoms with Gasteiger partial charge < -0.3 is 5.32 Å². The molecule has 136 valence electrons. The van der Waals surface area contributed by atoms with Crippen LogP contribution < -0.4 is 10.9 Å². The smallest absolute Gasteiger partial charge is 0.263 e. The second-order valence-electron chi connectivity index (χ2n) is 7.03. The number of pyridine rings is 1. The summed E-state index contributed by atoms with van der Waals surface area (Å²) in [5.41, 5.74) is 4.59. The predicted octanol–water partition coefficient (Wildman–Crippen LogP) is 1.65. The summed E-state index contributed by atoms with van der Waals surface area (Å²) in [5, 5.41) is 8.42. The standard InChI is InChI=1S/C19H19N7O/c1-11-7-16(24-26-9-12(2)22-18(11)26)15-4-3-14-17(23-15)21-10-25(19(14)27)13-5-6-20-8-13/h3-4,7,9-10,13,20H,5-6,8H2,1-2H3. The molecular formula is C19H19N7O. The van der Waals surface area contributed by atoms with Crippen molar-refractivity contribution in [3.8, 4) is 11.4 Å². The predicted molar refractivity (Wildman–Crippen MR) is 102 cm³/mol. The minimum atomic E-state index is -0.0439. The molecule has 8 nitrogen and oxygen atoms in total. The summed E-state index contributed by atoms with van der Waals surface area (Å²) < 4.78 is 3.48. The van der Waals surface area contributed by atoms with E-state index in [0.717, 1.165) is 42.1 Å². The fourth-order valence-corrected chi connectivity index (χ4v) is 3.67. The van der Waals surface area contributed by atoms with Gasteiger partial charge in [-0.2, -0.15) is 5.10 Å². The molecule has 27 heavy (non-hydrogen) atoms. The maximum Gasteiger partial charge on any atom is 0.263 e. The number of nitrogens with one attached hydrogen (secondary N) is 1. The van der Waals surface area contributed by atoms with Crippen LogP contribution in [0.1, 0.15) is 23.7 Å². The number of aryl methyl sites for hydroxylation is 2. The third kappa shape index (κ3) is 2.60. The van der Waals surface area contributed by atoms with E-state index < -0.39 is 0 Å². The molecule has 5 heterocycles. The third-order valence-corrected chi connectivity index (χ3v) is 5.06. The molecule has 4 aromatic heterocycles. The van der Waals surface area contributed by atoms with Crippen molar-refractivity contribution in [1.82, 2.24) is 34.4 Å². The van der Waals surface area contributed by atoms with Crippen molar-refractivity contribution in [2.75, 3.05) is 13.1 Å². The number of nitrogens with zero attached hydrogens (tertiary/aromatic N) is 6. The SMILES string of the molecule is Cc1cn2nc(-c3ccc4c(=O)n(C5CCNC5)cnc4n3)cc(C)c2n1. The summed E-state index contributed by atoms with van der Waals surface area (Å²) in [7, 11) is 0. The minimum absolute atomic E-state index is 0.0439. The first-order chi connectivity index (χ1) is 13.1. The second kappa shape index (κ2) is 5.95. The van der Waals surface area contributed by atoms with Gasteiger partial charge in [-0.3, -0.25) is 9.36 Å². The van der Waals surface area contributed by atoms with Crippen molar-refractivity contribution < 1.29 is 0 Å². The van der Waals surface area contributed by atoms with Crippen molar-refractivity contribution in [2.24, 2.45) is 0 Å². The molecule has 1 saturated heterocycles. The van der Waals surface area contributed by atoms with Gasteiger partial charge in [-0.05, 0) is 50.6 Å². The topological polar surface area (TPSA) is 90.0 Å². The fourth-order valence-electron chi connectivity index (χ4n) is 3.67. The Hall–Kier alpha value is -3.13. The zero-order valence-electron chi connectivity index (χ0n) is 15.2. The molecule has 1 fully saturated rings. The van der Waals surface area contributed by atoms with Gasteiger partial charge in [-0.1, -0.05) is 0 Å². The van der Waals surface area contributed by atoms with E-state index in [2.05, 4.69) is 25.4 Å². The van der Waals surface area contributed by atoms with Crippen molar-refractivity contribution in [1.29, 1.82) is 0 Å². The monoisotopic (exact) mass is 361 g/mol. The zero-order valence-corrected chi connectivity index (χ0v) is 15.2. The van der Waals surface area contributed by atoms with Crippen LogP contribution >= 0.6 is 0 Å². The average Bonchev–Trinajstić information content (AvgIpc) is 3.31. The molecule has 1 unspecified atom stereocenters. The lowest BCUT2D eigenvalue weighted by atomic mass is 10.2. The summed E-state index contributed by atoms with van der Waals surface area (Å²) in [6, 6.07) is 5.75. The largest absolute Gasteiger partial charge is 0.315 e. The van der Waals surface area contributed by atoms with Crippen LogP contribution in [0.2, 0.25) is 0 Å². The van der Waals surface area contributed by atoms with E-state index in [-0.39, 0.29) is 11.6 Å². The van der Waals surface area contributed by atoms with Crippen LogP contribution in [0.5, 0.6) is 0 Å². The summed E-state index contributed by atoms with van der Waals surface area (Å²) in [4.78, 5) is 26.3. The van der Waals surface area contributed by atoms with Crippen LogP contribution in [0, 0.1) is 13.8 Å². The number of aromatic nitrogens is 6. The van der Waals surface area contributed by atoms with Crippen LogP contribution in [0.25, 0.3) is 28.1 Å². The molecule has 0 aromatic carbocycles. The molecule has 5 rings (SSSR count). The highest BCUT2D eigenvalue weighted by Gasteiger charge is 2.19. The third-order valence-electron chi connectivity index (χ3n) is 5.06.